The summed E-state index contributed by atoms with van der Waals surface area (Å²) in [6, 6.07) is 7.72. The van der Waals surface area contributed by atoms with Crippen LogP contribution in [0.4, 0.5) is 10.1 Å². The molecule has 3 nitrogen and oxygen atoms in total. The van der Waals surface area contributed by atoms with Gasteiger partial charge in [0.15, 0.2) is 0 Å². The van der Waals surface area contributed by atoms with E-state index in [0.29, 0.717) is 4.47 Å². The quantitative estimate of drug-likeness (QED) is 0.814. The summed E-state index contributed by atoms with van der Waals surface area (Å²) in [7, 11) is -3.97. The van der Waals surface area contributed by atoms with Gasteiger partial charge in [-0.05, 0) is 52.3 Å². The predicted octanol–water partition coefficient (Wildman–Crippen LogP) is 4.70. The highest BCUT2D eigenvalue weighted by Crippen LogP contribution is 2.29. The number of nitrogens with one attached hydrogen (secondary N) is 1. The van der Waals surface area contributed by atoms with Crippen molar-refractivity contribution in [1.29, 1.82) is 0 Å². The van der Waals surface area contributed by atoms with Gasteiger partial charge in [-0.15, -0.1) is 0 Å². The van der Waals surface area contributed by atoms with E-state index in [-0.39, 0.29) is 20.6 Å². The van der Waals surface area contributed by atoms with Crippen molar-refractivity contribution in [2.24, 2.45) is 0 Å². The highest BCUT2D eigenvalue weighted by atomic mass is 79.9. The fourth-order valence-electron chi connectivity index (χ4n) is 1.46. The van der Waals surface area contributed by atoms with Crippen LogP contribution in [0, 0.1) is 5.82 Å². The van der Waals surface area contributed by atoms with Crippen molar-refractivity contribution in [3.8, 4) is 0 Å². The number of hydrogen-bond donors (Lipinski definition) is 1. The molecule has 0 aliphatic carbocycles. The molecule has 20 heavy (non-hydrogen) atoms. The molecule has 0 saturated heterocycles. The third kappa shape index (κ3) is 3.44. The third-order valence-electron chi connectivity index (χ3n) is 2.36. The van der Waals surface area contributed by atoms with Crippen molar-refractivity contribution in [3.05, 3.63) is 56.7 Å². The van der Waals surface area contributed by atoms with E-state index in [2.05, 4.69) is 20.7 Å². The van der Waals surface area contributed by atoms with Gasteiger partial charge in [-0.3, -0.25) is 4.72 Å². The number of hydrogen-bond acceptors (Lipinski definition) is 2. The zero-order valence-electron chi connectivity index (χ0n) is 9.70. The minimum atomic E-state index is -3.97. The van der Waals surface area contributed by atoms with Gasteiger partial charge < -0.3 is 0 Å². The molecular formula is C12H7BrCl2FNO2S. The van der Waals surface area contributed by atoms with Crippen LogP contribution in [0.2, 0.25) is 10.0 Å². The number of rotatable bonds is 3. The molecule has 0 aliphatic rings. The Morgan fingerprint density at radius 3 is 2.50 bits per heavy atom. The lowest BCUT2D eigenvalue weighted by molar-refractivity contribution is 0.601. The molecule has 8 heteroatoms. The number of halogens is 4. The fourth-order valence-corrected chi connectivity index (χ4v) is 3.77. The predicted molar refractivity (Wildman–Crippen MR) is 81.4 cm³/mol. The monoisotopic (exact) mass is 397 g/mol. The minimum Gasteiger partial charge on any atom is -0.278 e. The molecule has 0 amide bonds. The van der Waals surface area contributed by atoms with E-state index < -0.39 is 15.8 Å². The summed E-state index contributed by atoms with van der Waals surface area (Å²) in [5.41, 5.74) is 0.0704. The average molecular weight is 399 g/mol. The summed E-state index contributed by atoms with van der Waals surface area (Å²) in [5, 5.41) is 0.252. The first-order valence-corrected chi connectivity index (χ1v) is 8.26. The Labute approximate surface area is 133 Å². The number of benzene rings is 2. The van der Waals surface area contributed by atoms with Crippen LogP contribution in [0.1, 0.15) is 0 Å². The Morgan fingerprint density at radius 2 is 1.80 bits per heavy atom. The average Bonchev–Trinajstić information content (AvgIpc) is 2.36. The van der Waals surface area contributed by atoms with Crippen LogP contribution in [0.3, 0.4) is 0 Å². The van der Waals surface area contributed by atoms with Gasteiger partial charge in [0, 0.05) is 9.50 Å². The molecule has 0 bridgehead atoms. The molecular weight excluding hydrogens is 392 g/mol. The molecule has 2 rings (SSSR count). The summed E-state index contributed by atoms with van der Waals surface area (Å²) in [6.07, 6.45) is 0. The van der Waals surface area contributed by atoms with Crippen LogP contribution in [0.5, 0.6) is 0 Å². The Hall–Kier alpha value is -0.820. The van der Waals surface area contributed by atoms with Gasteiger partial charge in [0.05, 0.1) is 10.7 Å². The zero-order chi connectivity index (χ0) is 14.9. The molecule has 2 aromatic rings. The maximum absolute atomic E-state index is 13.2. The van der Waals surface area contributed by atoms with E-state index in [1.165, 1.54) is 30.3 Å². The summed E-state index contributed by atoms with van der Waals surface area (Å²) < 4.78 is 40.3. The summed E-state index contributed by atoms with van der Waals surface area (Å²) in [6.45, 7) is 0. The standard InChI is InChI=1S/C12H7BrCl2FNO2S/c13-9-3-2-8(16)6-11(9)17-20(18,19)12-5-7(14)1-4-10(12)15/h1-6,17H. The van der Waals surface area contributed by atoms with Crippen LogP contribution in [-0.4, -0.2) is 8.42 Å². The molecule has 0 atom stereocenters. The van der Waals surface area contributed by atoms with E-state index in [0.717, 1.165) is 6.07 Å². The lowest BCUT2D eigenvalue weighted by atomic mass is 10.3. The second-order valence-electron chi connectivity index (χ2n) is 3.80. The highest BCUT2D eigenvalue weighted by molar-refractivity contribution is 9.10. The van der Waals surface area contributed by atoms with Gasteiger partial charge in [0.2, 0.25) is 0 Å². The third-order valence-corrected chi connectivity index (χ3v) is 5.13. The van der Waals surface area contributed by atoms with Gasteiger partial charge in [-0.1, -0.05) is 23.2 Å². The number of sulfonamides is 1. The van der Waals surface area contributed by atoms with Crippen LogP contribution in [0.15, 0.2) is 45.8 Å². The van der Waals surface area contributed by atoms with Gasteiger partial charge in [0.1, 0.15) is 10.7 Å². The van der Waals surface area contributed by atoms with Crippen molar-refractivity contribution in [2.75, 3.05) is 4.72 Å². The van der Waals surface area contributed by atoms with Gasteiger partial charge in [-0.2, -0.15) is 0 Å². The Kier molecular flexibility index (Phi) is 4.59. The normalized spacial score (nSPS) is 11.4. The first-order valence-electron chi connectivity index (χ1n) is 5.22. The molecule has 0 aromatic heterocycles. The van der Waals surface area contributed by atoms with E-state index >= 15 is 0 Å². The molecule has 0 fully saturated rings. The first-order chi connectivity index (χ1) is 9.29. The summed E-state index contributed by atoms with van der Waals surface area (Å²) in [5.74, 6) is -0.567. The van der Waals surface area contributed by atoms with E-state index in [4.69, 9.17) is 23.2 Å². The van der Waals surface area contributed by atoms with Gasteiger partial charge in [-0.25, -0.2) is 12.8 Å². The maximum atomic E-state index is 13.2. The second kappa shape index (κ2) is 5.89. The van der Waals surface area contributed by atoms with Crippen molar-refractivity contribution < 1.29 is 12.8 Å². The van der Waals surface area contributed by atoms with Crippen molar-refractivity contribution in [2.45, 2.75) is 4.90 Å². The molecule has 106 valence electrons. The van der Waals surface area contributed by atoms with Gasteiger partial charge >= 0.3 is 0 Å². The van der Waals surface area contributed by atoms with Gasteiger partial charge in [0.25, 0.3) is 10.0 Å². The molecule has 0 heterocycles. The minimum absolute atomic E-state index is 0.0226. The van der Waals surface area contributed by atoms with E-state index in [1.807, 2.05) is 0 Å². The van der Waals surface area contributed by atoms with Crippen LogP contribution >= 0.6 is 39.1 Å². The van der Waals surface area contributed by atoms with E-state index in [1.54, 1.807) is 0 Å². The van der Waals surface area contributed by atoms with Crippen LogP contribution in [-0.2, 0) is 10.0 Å². The molecule has 0 spiro atoms. The molecule has 0 aliphatic heterocycles. The molecule has 2 aromatic carbocycles. The van der Waals surface area contributed by atoms with E-state index in [9.17, 15) is 12.8 Å². The van der Waals surface area contributed by atoms with Crippen molar-refractivity contribution >= 4 is 54.8 Å². The Morgan fingerprint density at radius 1 is 1.10 bits per heavy atom. The zero-order valence-corrected chi connectivity index (χ0v) is 13.6. The first kappa shape index (κ1) is 15.6. The lowest BCUT2D eigenvalue weighted by Gasteiger charge is -2.11. The highest BCUT2D eigenvalue weighted by Gasteiger charge is 2.19. The van der Waals surface area contributed by atoms with Crippen molar-refractivity contribution in [1.82, 2.24) is 0 Å². The SMILES string of the molecule is O=S(=O)(Nc1cc(F)ccc1Br)c1cc(Cl)ccc1Cl. The second-order valence-corrected chi connectivity index (χ2v) is 7.15. The Balaban J connectivity index is 2.46. The van der Waals surface area contributed by atoms with Crippen LogP contribution in [0.25, 0.3) is 0 Å². The fraction of sp³-hybridized carbons (Fsp3) is 0. The molecule has 0 radical (unpaired) electrons. The topological polar surface area (TPSA) is 46.2 Å². The molecule has 1 N–H and O–H groups in total. The maximum Gasteiger partial charge on any atom is 0.263 e. The Bertz CT molecular complexity index is 768. The van der Waals surface area contributed by atoms with Crippen molar-refractivity contribution in [3.63, 3.8) is 0 Å². The van der Waals surface area contributed by atoms with Crippen LogP contribution < -0.4 is 4.72 Å². The number of anilines is 1. The summed E-state index contributed by atoms with van der Waals surface area (Å²) >= 11 is 14.8. The summed E-state index contributed by atoms with van der Waals surface area (Å²) in [4.78, 5) is -0.178. The lowest BCUT2D eigenvalue weighted by Crippen LogP contribution is -2.14. The largest absolute Gasteiger partial charge is 0.278 e. The molecule has 0 saturated carbocycles. The smallest absolute Gasteiger partial charge is 0.263 e. The molecule has 0 unspecified atom stereocenters.